The Kier molecular flexibility index (Phi) is 12.5. The average molecular weight is 751 g/mol. The highest BCUT2D eigenvalue weighted by Crippen LogP contribution is 2.40. The molecule has 0 aromatic heterocycles. The lowest BCUT2D eigenvalue weighted by molar-refractivity contribution is -0.120. The number of rotatable bonds is 15. The summed E-state index contributed by atoms with van der Waals surface area (Å²) in [6.45, 7) is 0. The van der Waals surface area contributed by atoms with E-state index in [0.29, 0.717) is 62.8 Å². The minimum atomic E-state index is -1.26. The molecule has 0 unspecified atom stereocenters. The topological polar surface area (TPSA) is 134 Å². The van der Waals surface area contributed by atoms with E-state index in [2.05, 4.69) is 5.32 Å². The van der Waals surface area contributed by atoms with Crippen molar-refractivity contribution in [2.24, 2.45) is 5.73 Å². The maximum Gasteiger partial charge on any atom is 0.343 e. The van der Waals surface area contributed by atoms with Gasteiger partial charge in [-0.2, -0.15) is 11.8 Å². The van der Waals surface area contributed by atoms with E-state index in [9.17, 15) is 19.2 Å². The number of thioether (sulfide) groups is 1. The number of hydrogen-bond acceptors (Lipinski definition) is 9. The highest BCUT2D eigenvalue weighted by Gasteiger charge is 2.40. The third-order valence-electron chi connectivity index (χ3n) is 8.87. The summed E-state index contributed by atoms with van der Waals surface area (Å²) in [5.74, 6) is -0.494. The van der Waals surface area contributed by atoms with Gasteiger partial charge < -0.3 is 19.9 Å². The van der Waals surface area contributed by atoms with Crippen molar-refractivity contribution >= 4 is 35.6 Å². The maximum absolute atomic E-state index is 13.1. The lowest BCUT2D eigenvalue weighted by Gasteiger charge is -2.39. The second-order valence-electron chi connectivity index (χ2n) is 12.5. The molecule has 0 bridgehead atoms. The minimum absolute atomic E-state index is 0.312. The zero-order valence-corrected chi connectivity index (χ0v) is 30.7. The molecule has 0 spiro atoms. The van der Waals surface area contributed by atoms with Gasteiger partial charge in [-0.25, -0.2) is 14.4 Å². The number of nitrogens with one attached hydrogen (secondary N) is 1. The van der Waals surface area contributed by atoms with Gasteiger partial charge in [0.25, 0.3) is 0 Å². The number of nitrogens with two attached hydrogens (primary N) is 1. The molecule has 0 radical (unpaired) electrons. The maximum atomic E-state index is 13.1. The highest BCUT2D eigenvalue weighted by molar-refractivity contribution is 7.98. The van der Waals surface area contributed by atoms with E-state index in [4.69, 9.17) is 19.9 Å². The summed E-state index contributed by atoms with van der Waals surface area (Å²) in [7, 11) is 0. The van der Waals surface area contributed by atoms with Crippen molar-refractivity contribution in [3.63, 3.8) is 0 Å². The van der Waals surface area contributed by atoms with Crippen molar-refractivity contribution < 1.29 is 33.4 Å². The zero-order valence-electron chi connectivity index (χ0n) is 29.9. The van der Waals surface area contributed by atoms with Gasteiger partial charge in [0.2, 0.25) is 5.91 Å². The molecule has 0 heterocycles. The number of hydrogen-bond donors (Lipinski definition) is 2. The zero-order chi connectivity index (χ0) is 38.6. The number of carbonyl (C=O) groups excluding carboxylic acids is 4. The first-order valence-corrected chi connectivity index (χ1v) is 18.9. The molecule has 0 aliphatic heterocycles. The van der Waals surface area contributed by atoms with Gasteiger partial charge in [-0.3, -0.25) is 10.1 Å². The fourth-order valence-corrected chi connectivity index (χ4v) is 6.54. The molecule has 0 aliphatic carbocycles. The molecule has 9 nitrogen and oxygen atoms in total. The summed E-state index contributed by atoms with van der Waals surface area (Å²) in [4.78, 5) is 51.8. The van der Waals surface area contributed by atoms with Gasteiger partial charge in [0, 0.05) is 0 Å². The number of carbonyl (C=O) groups is 4. The molecule has 0 saturated heterocycles. The van der Waals surface area contributed by atoms with Crippen LogP contribution in [-0.4, -0.2) is 41.9 Å². The normalized spacial score (nSPS) is 11.6. The number of amides is 1. The molecule has 3 N–H and O–H groups in total. The molecule has 6 rings (SSSR count). The predicted octanol–water partition coefficient (Wildman–Crippen LogP) is 7.83. The molecule has 0 aliphatic rings. The van der Waals surface area contributed by atoms with E-state index >= 15 is 0 Å². The second kappa shape index (κ2) is 18.0. The number of esters is 3. The number of primary amides is 1. The van der Waals surface area contributed by atoms with E-state index in [-0.39, 0.29) is 0 Å². The fourth-order valence-electron chi connectivity index (χ4n) is 6.07. The Balaban J connectivity index is 1.43. The van der Waals surface area contributed by atoms with Crippen molar-refractivity contribution in [1.82, 2.24) is 5.32 Å². The highest BCUT2D eigenvalue weighted by atomic mass is 32.2. The van der Waals surface area contributed by atoms with Gasteiger partial charge in [0.1, 0.15) is 17.2 Å². The summed E-state index contributed by atoms with van der Waals surface area (Å²) >= 11 is 1.58. The number of benzene rings is 6. The Hall–Kier alpha value is -6.49. The van der Waals surface area contributed by atoms with E-state index < -0.39 is 35.4 Å². The molecule has 276 valence electrons. The molecule has 0 fully saturated rings. The van der Waals surface area contributed by atoms with Crippen molar-refractivity contribution in [2.75, 3.05) is 12.0 Å². The van der Waals surface area contributed by atoms with Crippen LogP contribution in [0.1, 0.15) is 54.2 Å². The minimum Gasteiger partial charge on any atom is -0.423 e. The first-order valence-electron chi connectivity index (χ1n) is 17.5. The van der Waals surface area contributed by atoms with Gasteiger partial charge >= 0.3 is 17.9 Å². The summed E-state index contributed by atoms with van der Waals surface area (Å²) in [5, 5.41) is 3.60. The monoisotopic (exact) mass is 750 g/mol. The lowest BCUT2D eigenvalue weighted by atomic mass is 9.76. The lowest BCUT2D eigenvalue weighted by Crippen LogP contribution is -2.54. The third kappa shape index (κ3) is 9.36. The van der Waals surface area contributed by atoms with Crippen LogP contribution in [0.15, 0.2) is 164 Å². The quantitative estimate of drug-likeness (QED) is 0.0612. The second-order valence-corrected chi connectivity index (χ2v) is 13.5. The molecule has 10 heteroatoms. The van der Waals surface area contributed by atoms with Crippen molar-refractivity contribution in [2.45, 2.75) is 18.0 Å². The van der Waals surface area contributed by atoms with E-state index in [1.807, 2.05) is 24.5 Å². The van der Waals surface area contributed by atoms with Crippen molar-refractivity contribution in [3.8, 4) is 17.2 Å². The van der Waals surface area contributed by atoms with Crippen LogP contribution in [0.3, 0.4) is 0 Å². The predicted molar refractivity (Wildman–Crippen MR) is 213 cm³/mol. The van der Waals surface area contributed by atoms with Gasteiger partial charge in [0.15, 0.2) is 0 Å². The van der Waals surface area contributed by atoms with Crippen LogP contribution in [0.4, 0.5) is 0 Å². The van der Waals surface area contributed by atoms with Crippen LogP contribution in [-0.2, 0) is 10.3 Å². The standard InChI is InChI=1S/C45H38N2O7S/c1-55-30-29-40(41(46)48)47-45(34-17-23-37(24-18-34)52-42(49)31-11-5-2-6-12-31,35-19-25-38(26-20-35)53-43(50)32-13-7-3-8-14-32)36-21-27-39(28-22-36)54-44(51)33-15-9-4-10-16-33/h2-28,40,47H,29-30H2,1H3,(H2,46,48)/t40-/m0/s1. The molecule has 55 heavy (non-hydrogen) atoms. The Morgan fingerprint density at radius 2 is 0.836 bits per heavy atom. The van der Waals surface area contributed by atoms with E-state index in [0.717, 1.165) is 0 Å². The van der Waals surface area contributed by atoms with Gasteiger partial charge in [-0.05, 0) is 108 Å². The van der Waals surface area contributed by atoms with Crippen LogP contribution in [0.2, 0.25) is 0 Å². The first kappa shape index (κ1) is 38.2. The van der Waals surface area contributed by atoms with E-state index in [1.54, 1.807) is 157 Å². The molecule has 6 aromatic rings. The number of ether oxygens (including phenoxy) is 3. The van der Waals surface area contributed by atoms with Crippen LogP contribution >= 0.6 is 11.8 Å². The molecule has 1 amide bonds. The summed E-state index contributed by atoms with van der Waals surface area (Å²) in [6, 6.07) is 46.1. The van der Waals surface area contributed by atoms with Crippen molar-refractivity contribution in [3.05, 3.63) is 197 Å². The first-order chi connectivity index (χ1) is 26.8. The Labute approximate surface area is 323 Å². The van der Waals surface area contributed by atoms with E-state index in [1.165, 1.54) is 0 Å². The van der Waals surface area contributed by atoms with Gasteiger partial charge in [-0.15, -0.1) is 0 Å². The van der Waals surface area contributed by atoms with Gasteiger partial charge in [-0.1, -0.05) is 91.0 Å². The molecule has 6 aromatic carbocycles. The van der Waals surface area contributed by atoms with Crippen LogP contribution < -0.4 is 25.3 Å². The Morgan fingerprint density at radius 3 is 1.11 bits per heavy atom. The molecule has 0 saturated carbocycles. The summed E-state index contributed by atoms with van der Waals surface area (Å²) in [6.07, 6.45) is 2.37. The Bertz CT molecular complexity index is 1980. The smallest absolute Gasteiger partial charge is 0.343 e. The van der Waals surface area contributed by atoms with Crippen LogP contribution in [0.25, 0.3) is 0 Å². The molecular formula is C45H38N2O7S. The summed E-state index contributed by atoms with van der Waals surface area (Å²) in [5.41, 5.74) is 8.01. The van der Waals surface area contributed by atoms with Crippen LogP contribution in [0.5, 0.6) is 17.2 Å². The van der Waals surface area contributed by atoms with Crippen molar-refractivity contribution in [1.29, 1.82) is 0 Å². The fraction of sp³-hybridized carbons (Fsp3) is 0.111. The average Bonchev–Trinajstić information content (AvgIpc) is 3.23. The van der Waals surface area contributed by atoms with Gasteiger partial charge in [0.05, 0.1) is 28.3 Å². The molecule has 1 atom stereocenters. The molecular weight excluding hydrogens is 713 g/mol. The Morgan fingerprint density at radius 1 is 0.527 bits per heavy atom. The van der Waals surface area contributed by atoms with Crippen LogP contribution in [0, 0.1) is 0 Å². The third-order valence-corrected chi connectivity index (χ3v) is 9.51. The SMILES string of the molecule is CSCC[C@H](NC(c1ccc(OC(=O)c2ccccc2)cc1)(c1ccc(OC(=O)c2ccccc2)cc1)c1ccc(OC(=O)c2ccccc2)cc1)C(N)=O. The summed E-state index contributed by atoms with van der Waals surface area (Å²) < 4.78 is 17.1. The largest absolute Gasteiger partial charge is 0.423 e.